The first-order valence-corrected chi connectivity index (χ1v) is 11.0. The number of halogens is 1. The largest absolute Gasteiger partial charge is 0.472 e. The molecule has 7 heteroatoms. The standard InChI is InChI=1S/C25H32FN3O3/c1-5-6-20-11-22-24(27-12-20)32-23(17(2)13-29(25(22)31)18(3)16-30)15-28(4)14-19-7-9-21(26)10-8-19/h5-12,17-18,23,30H,13-16H2,1-4H3/b6-5+/t17-,18-,23+/m0/s1. The molecule has 0 fully saturated rings. The highest BCUT2D eigenvalue weighted by atomic mass is 19.1. The molecule has 0 saturated carbocycles. The highest BCUT2D eigenvalue weighted by molar-refractivity contribution is 5.97. The molecule has 1 N–H and O–H groups in total. The Labute approximate surface area is 189 Å². The van der Waals surface area contributed by atoms with E-state index < -0.39 is 0 Å². The topological polar surface area (TPSA) is 65.9 Å². The number of carbonyl (C=O) groups is 1. The van der Waals surface area contributed by atoms with E-state index in [2.05, 4.69) is 9.88 Å². The van der Waals surface area contributed by atoms with Crippen molar-refractivity contribution in [2.75, 3.05) is 26.7 Å². The molecule has 1 amide bonds. The summed E-state index contributed by atoms with van der Waals surface area (Å²) in [5, 5.41) is 9.75. The molecule has 172 valence electrons. The number of pyridine rings is 1. The van der Waals surface area contributed by atoms with Gasteiger partial charge in [-0.2, -0.15) is 0 Å². The third-order valence-electron chi connectivity index (χ3n) is 5.76. The summed E-state index contributed by atoms with van der Waals surface area (Å²) in [6.45, 7) is 7.37. The van der Waals surface area contributed by atoms with Crippen LogP contribution in [0.3, 0.4) is 0 Å². The molecular weight excluding hydrogens is 409 g/mol. The average molecular weight is 442 g/mol. The van der Waals surface area contributed by atoms with Gasteiger partial charge in [0.05, 0.1) is 12.6 Å². The second kappa shape index (κ2) is 10.7. The molecule has 6 nitrogen and oxygen atoms in total. The number of amides is 1. The van der Waals surface area contributed by atoms with Gasteiger partial charge in [-0.15, -0.1) is 0 Å². The summed E-state index contributed by atoms with van der Waals surface area (Å²) in [6.07, 6.45) is 5.25. The van der Waals surface area contributed by atoms with Gasteiger partial charge in [0.15, 0.2) is 0 Å². The van der Waals surface area contributed by atoms with E-state index in [1.807, 2.05) is 40.0 Å². The van der Waals surface area contributed by atoms with Crippen molar-refractivity contribution in [3.05, 3.63) is 65.1 Å². The summed E-state index contributed by atoms with van der Waals surface area (Å²) in [5.74, 6) is -0.125. The third kappa shape index (κ3) is 5.72. The van der Waals surface area contributed by atoms with Crippen LogP contribution in [0.15, 0.2) is 42.6 Å². The molecule has 0 radical (unpaired) electrons. The van der Waals surface area contributed by atoms with Crippen LogP contribution in [0.5, 0.6) is 5.88 Å². The maximum Gasteiger partial charge on any atom is 0.259 e. The highest BCUT2D eigenvalue weighted by Crippen LogP contribution is 2.28. The molecule has 1 aliphatic heterocycles. The molecular formula is C25H32FN3O3. The van der Waals surface area contributed by atoms with E-state index in [1.54, 1.807) is 29.3 Å². The number of allylic oxidation sites excluding steroid dienone is 1. The Morgan fingerprint density at radius 2 is 2.09 bits per heavy atom. The monoisotopic (exact) mass is 441 g/mol. The van der Waals surface area contributed by atoms with Crippen molar-refractivity contribution in [3.63, 3.8) is 0 Å². The minimum atomic E-state index is -0.320. The van der Waals surface area contributed by atoms with E-state index in [1.165, 1.54) is 12.1 Å². The number of fused-ring (bicyclic) bond motifs is 1. The van der Waals surface area contributed by atoms with Gasteiger partial charge in [-0.1, -0.05) is 31.2 Å². The molecule has 2 heterocycles. The number of rotatable bonds is 7. The molecule has 1 aromatic heterocycles. The van der Waals surface area contributed by atoms with Gasteiger partial charge in [-0.05, 0) is 50.2 Å². The van der Waals surface area contributed by atoms with Crippen molar-refractivity contribution in [3.8, 4) is 5.88 Å². The maximum atomic E-state index is 13.3. The van der Waals surface area contributed by atoms with Gasteiger partial charge in [0.1, 0.15) is 17.5 Å². The number of nitrogens with zero attached hydrogens (tertiary/aromatic N) is 3. The fraction of sp³-hybridized carbons (Fsp3) is 0.440. The number of ether oxygens (including phenoxy) is 1. The lowest BCUT2D eigenvalue weighted by molar-refractivity contribution is 0.0325. The molecule has 2 aromatic rings. The number of carbonyl (C=O) groups excluding carboxylic acids is 1. The van der Waals surface area contributed by atoms with Crippen LogP contribution < -0.4 is 4.74 Å². The molecule has 3 rings (SSSR count). The van der Waals surface area contributed by atoms with Crippen molar-refractivity contribution >= 4 is 12.0 Å². The van der Waals surface area contributed by atoms with Gasteiger partial charge in [-0.25, -0.2) is 9.37 Å². The fourth-order valence-corrected chi connectivity index (χ4v) is 3.89. The summed E-state index contributed by atoms with van der Waals surface area (Å²) in [7, 11) is 1.99. The van der Waals surface area contributed by atoms with Gasteiger partial charge in [0.25, 0.3) is 5.91 Å². The minimum absolute atomic E-state index is 0.00813. The van der Waals surface area contributed by atoms with Crippen LogP contribution >= 0.6 is 0 Å². The maximum absolute atomic E-state index is 13.3. The van der Waals surface area contributed by atoms with E-state index in [-0.39, 0.29) is 36.4 Å². The lowest BCUT2D eigenvalue weighted by Crippen LogP contribution is -2.49. The Balaban J connectivity index is 1.88. The lowest BCUT2D eigenvalue weighted by atomic mass is 9.99. The first-order chi connectivity index (χ1) is 15.3. The average Bonchev–Trinajstić information content (AvgIpc) is 2.77. The lowest BCUT2D eigenvalue weighted by Gasteiger charge is -2.37. The number of hydrogen-bond donors (Lipinski definition) is 1. The van der Waals surface area contributed by atoms with Gasteiger partial charge >= 0.3 is 0 Å². The van der Waals surface area contributed by atoms with E-state index in [0.717, 1.165) is 11.1 Å². The molecule has 0 aliphatic carbocycles. The molecule has 0 unspecified atom stereocenters. The second-order valence-electron chi connectivity index (χ2n) is 8.57. The normalized spacial score (nSPS) is 20.1. The predicted molar refractivity (Wildman–Crippen MR) is 123 cm³/mol. The number of benzene rings is 1. The number of hydrogen-bond acceptors (Lipinski definition) is 5. The zero-order valence-electron chi connectivity index (χ0n) is 19.2. The van der Waals surface area contributed by atoms with Crippen molar-refractivity contribution in [1.29, 1.82) is 0 Å². The van der Waals surface area contributed by atoms with Gasteiger partial charge in [-0.3, -0.25) is 9.69 Å². The van der Waals surface area contributed by atoms with Crippen LogP contribution in [-0.2, 0) is 6.54 Å². The molecule has 1 aliphatic rings. The fourth-order valence-electron chi connectivity index (χ4n) is 3.89. The van der Waals surface area contributed by atoms with Crippen molar-refractivity contribution < 1.29 is 19.0 Å². The highest BCUT2D eigenvalue weighted by Gasteiger charge is 2.34. The van der Waals surface area contributed by atoms with Crippen molar-refractivity contribution in [2.45, 2.75) is 39.5 Å². The SMILES string of the molecule is C/C=C/c1cnc2c(c1)C(=O)N([C@@H](C)CO)C[C@H](C)[C@@H](CN(C)Cc1ccc(F)cc1)O2. The minimum Gasteiger partial charge on any atom is -0.472 e. The van der Waals surface area contributed by atoms with Crippen LogP contribution in [0.2, 0.25) is 0 Å². The van der Waals surface area contributed by atoms with Crippen LogP contribution in [0, 0.1) is 11.7 Å². The Bertz CT molecular complexity index is 948. The van der Waals surface area contributed by atoms with Gasteiger partial charge in [0.2, 0.25) is 5.88 Å². The Morgan fingerprint density at radius 3 is 2.75 bits per heavy atom. The van der Waals surface area contributed by atoms with E-state index in [9.17, 15) is 14.3 Å². The Morgan fingerprint density at radius 1 is 1.38 bits per heavy atom. The van der Waals surface area contributed by atoms with Crippen LogP contribution in [0.25, 0.3) is 6.08 Å². The Hall–Kier alpha value is -2.77. The second-order valence-corrected chi connectivity index (χ2v) is 8.57. The van der Waals surface area contributed by atoms with Crippen molar-refractivity contribution in [2.24, 2.45) is 5.92 Å². The van der Waals surface area contributed by atoms with Gasteiger partial charge < -0.3 is 14.7 Å². The zero-order valence-corrected chi connectivity index (χ0v) is 19.2. The summed E-state index contributed by atoms with van der Waals surface area (Å²) in [6, 6.07) is 7.94. The number of likely N-dealkylation sites (N-methyl/N-ethyl adjacent to an activating group) is 1. The molecule has 1 aromatic carbocycles. The Kier molecular flexibility index (Phi) is 7.99. The summed E-state index contributed by atoms with van der Waals surface area (Å²) in [4.78, 5) is 21.6. The predicted octanol–water partition coefficient (Wildman–Crippen LogP) is 3.61. The van der Waals surface area contributed by atoms with Crippen LogP contribution in [0.1, 0.15) is 42.3 Å². The number of aromatic nitrogens is 1. The van der Waals surface area contributed by atoms with Crippen molar-refractivity contribution in [1.82, 2.24) is 14.8 Å². The number of aliphatic hydroxyl groups is 1. The summed E-state index contributed by atoms with van der Waals surface area (Å²) < 4.78 is 19.5. The molecule has 0 spiro atoms. The van der Waals surface area contributed by atoms with Crippen LogP contribution in [-0.4, -0.2) is 64.7 Å². The van der Waals surface area contributed by atoms with Crippen LogP contribution in [0.4, 0.5) is 4.39 Å². The van der Waals surface area contributed by atoms with E-state index >= 15 is 0 Å². The van der Waals surface area contributed by atoms with E-state index in [0.29, 0.717) is 31.1 Å². The van der Waals surface area contributed by atoms with E-state index in [4.69, 9.17) is 4.74 Å². The summed E-state index contributed by atoms with van der Waals surface area (Å²) >= 11 is 0. The molecule has 32 heavy (non-hydrogen) atoms. The first-order valence-electron chi connectivity index (χ1n) is 11.0. The zero-order chi connectivity index (χ0) is 23.3. The van der Waals surface area contributed by atoms with Gasteiger partial charge in [0, 0.05) is 31.7 Å². The quantitative estimate of drug-likeness (QED) is 0.711. The first kappa shape index (κ1) is 23.9. The molecule has 3 atom stereocenters. The number of aliphatic hydroxyl groups excluding tert-OH is 1. The smallest absolute Gasteiger partial charge is 0.259 e. The molecule has 0 bridgehead atoms. The molecule has 0 saturated heterocycles. The third-order valence-corrected chi connectivity index (χ3v) is 5.76. The summed E-state index contributed by atoms with van der Waals surface area (Å²) in [5.41, 5.74) is 2.23.